The Kier molecular flexibility index (Phi) is 5.46. The van der Waals surface area contributed by atoms with Gasteiger partial charge in [-0.05, 0) is 54.7 Å². The lowest BCUT2D eigenvalue weighted by Crippen LogP contribution is -2.24. The fourth-order valence-corrected chi connectivity index (χ4v) is 4.66. The number of hydrogen-bond acceptors (Lipinski definition) is 4. The van der Waals surface area contributed by atoms with Gasteiger partial charge >= 0.3 is 0 Å². The Labute approximate surface area is 174 Å². The Morgan fingerprint density at radius 1 is 1.30 bits per heavy atom. The third-order valence-corrected chi connectivity index (χ3v) is 6.50. The number of benzene rings is 1. The van der Waals surface area contributed by atoms with Gasteiger partial charge in [-0.3, -0.25) is 14.4 Å². The van der Waals surface area contributed by atoms with Crippen molar-refractivity contribution in [2.45, 2.75) is 38.6 Å². The molecule has 0 radical (unpaired) electrons. The summed E-state index contributed by atoms with van der Waals surface area (Å²) in [7, 11) is -3.60. The third kappa shape index (κ3) is 4.16. The number of halogens is 1. The van der Waals surface area contributed by atoms with E-state index in [9.17, 15) is 17.6 Å². The van der Waals surface area contributed by atoms with Crippen molar-refractivity contribution in [3.63, 3.8) is 0 Å². The number of carbonyl (C=O) groups excluding carboxylic acids is 1. The lowest BCUT2D eigenvalue weighted by Gasteiger charge is -2.17. The highest BCUT2D eigenvalue weighted by Crippen LogP contribution is 2.36. The summed E-state index contributed by atoms with van der Waals surface area (Å²) in [6.45, 7) is 1.89. The smallest absolute Gasteiger partial charge is 0.232 e. The van der Waals surface area contributed by atoms with Gasteiger partial charge in [-0.15, -0.1) is 0 Å². The van der Waals surface area contributed by atoms with Crippen molar-refractivity contribution in [3.8, 4) is 11.1 Å². The van der Waals surface area contributed by atoms with E-state index in [-0.39, 0.29) is 17.5 Å². The topological polar surface area (TPSA) is 95.2 Å². The molecule has 0 bridgehead atoms. The normalized spacial score (nSPS) is 14.1. The van der Waals surface area contributed by atoms with E-state index in [2.05, 4.69) is 14.7 Å². The number of unbranched alkanes of at least 4 members (excludes halogenated alkanes) is 1. The number of fused-ring (bicyclic) bond motifs is 1. The zero-order chi connectivity index (χ0) is 21.3. The minimum Gasteiger partial charge on any atom is -0.346 e. The van der Waals surface area contributed by atoms with E-state index in [4.69, 9.17) is 0 Å². The molecule has 1 aliphatic carbocycles. The average Bonchev–Trinajstić information content (AvgIpc) is 3.43. The first-order valence-corrected chi connectivity index (χ1v) is 11.6. The molecule has 1 aliphatic rings. The SMILES string of the molecule is CCCCS(=O)(=O)Nc1ccc(-c2cc(N(C=O)C3CC3)nc3[nH]ccc23)cc1F. The average molecular weight is 431 g/mol. The molecule has 0 unspecified atom stereocenters. The van der Waals surface area contributed by atoms with Gasteiger partial charge in [0.15, 0.2) is 0 Å². The maximum absolute atomic E-state index is 14.8. The molecule has 1 aromatic carbocycles. The summed E-state index contributed by atoms with van der Waals surface area (Å²) in [4.78, 5) is 20.7. The van der Waals surface area contributed by atoms with Gasteiger partial charge in [0, 0.05) is 17.6 Å². The summed E-state index contributed by atoms with van der Waals surface area (Å²) in [6.07, 6.45) is 5.61. The van der Waals surface area contributed by atoms with Crippen LogP contribution in [0.5, 0.6) is 0 Å². The predicted molar refractivity (Wildman–Crippen MR) is 115 cm³/mol. The van der Waals surface area contributed by atoms with Crippen LogP contribution in [0.3, 0.4) is 0 Å². The van der Waals surface area contributed by atoms with Crippen molar-refractivity contribution in [1.82, 2.24) is 9.97 Å². The quantitative estimate of drug-likeness (QED) is 0.501. The van der Waals surface area contributed by atoms with Gasteiger partial charge in [0.25, 0.3) is 0 Å². The van der Waals surface area contributed by atoms with Crippen LogP contribution in [0, 0.1) is 5.82 Å². The molecule has 1 amide bonds. The number of carbonyl (C=O) groups is 1. The van der Waals surface area contributed by atoms with Crippen LogP contribution in [0.1, 0.15) is 32.6 Å². The second kappa shape index (κ2) is 8.06. The molecule has 0 saturated heterocycles. The number of nitrogens with one attached hydrogen (secondary N) is 2. The van der Waals surface area contributed by atoms with Crippen LogP contribution in [0.25, 0.3) is 22.2 Å². The van der Waals surface area contributed by atoms with Crippen LogP contribution in [-0.4, -0.2) is 36.6 Å². The van der Waals surface area contributed by atoms with E-state index < -0.39 is 15.8 Å². The fourth-order valence-electron chi connectivity index (χ4n) is 3.39. The Balaban J connectivity index is 1.71. The summed E-state index contributed by atoms with van der Waals surface area (Å²) in [6, 6.07) is 8.13. The standard InChI is InChI=1S/C21H23FN4O3S/c1-2-3-10-30(28,29)25-19-7-4-14(11-18(19)22)17-12-20(26(13-27)15-5-6-15)24-21-16(17)8-9-23-21/h4,7-9,11-13,15,25H,2-3,5-6,10H2,1H3,(H,23,24). The first-order valence-electron chi connectivity index (χ1n) is 9.94. The number of aromatic nitrogens is 2. The van der Waals surface area contributed by atoms with Crippen molar-refractivity contribution in [3.05, 3.63) is 42.3 Å². The molecule has 2 N–H and O–H groups in total. The van der Waals surface area contributed by atoms with E-state index in [0.29, 0.717) is 29.0 Å². The molecule has 0 spiro atoms. The van der Waals surface area contributed by atoms with Gasteiger partial charge in [0.05, 0.1) is 11.4 Å². The number of anilines is 2. The van der Waals surface area contributed by atoms with Gasteiger partial charge in [-0.1, -0.05) is 19.4 Å². The number of nitrogens with zero attached hydrogens (tertiary/aromatic N) is 2. The molecule has 1 fully saturated rings. The van der Waals surface area contributed by atoms with E-state index in [1.165, 1.54) is 12.1 Å². The molecule has 0 aliphatic heterocycles. The van der Waals surface area contributed by atoms with E-state index >= 15 is 0 Å². The van der Waals surface area contributed by atoms with Crippen LogP contribution < -0.4 is 9.62 Å². The summed E-state index contributed by atoms with van der Waals surface area (Å²) >= 11 is 0. The molecule has 2 heterocycles. The second-order valence-corrected chi connectivity index (χ2v) is 9.32. The Morgan fingerprint density at radius 3 is 2.77 bits per heavy atom. The summed E-state index contributed by atoms with van der Waals surface area (Å²) in [5, 5.41) is 0.788. The molecule has 3 aromatic rings. The van der Waals surface area contributed by atoms with Crippen LogP contribution >= 0.6 is 0 Å². The highest BCUT2D eigenvalue weighted by Gasteiger charge is 2.30. The molecule has 158 valence electrons. The monoisotopic (exact) mass is 430 g/mol. The highest BCUT2D eigenvalue weighted by atomic mass is 32.2. The Hall–Kier alpha value is -2.94. The zero-order valence-corrected chi connectivity index (χ0v) is 17.4. The van der Waals surface area contributed by atoms with Gasteiger partial charge in [-0.2, -0.15) is 0 Å². The Morgan fingerprint density at radius 2 is 2.10 bits per heavy atom. The van der Waals surface area contributed by atoms with Crippen molar-refractivity contribution in [2.24, 2.45) is 0 Å². The van der Waals surface area contributed by atoms with Crippen LogP contribution in [0.4, 0.5) is 15.9 Å². The molecular weight excluding hydrogens is 407 g/mol. The van der Waals surface area contributed by atoms with Crippen molar-refractivity contribution in [1.29, 1.82) is 0 Å². The largest absolute Gasteiger partial charge is 0.346 e. The summed E-state index contributed by atoms with van der Waals surface area (Å²) < 4.78 is 41.3. The molecule has 30 heavy (non-hydrogen) atoms. The van der Waals surface area contributed by atoms with E-state index in [1.54, 1.807) is 23.2 Å². The lowest BCUT2D eigenvalue weighted by atomic mass is 10.0. The molecule has 2 aromatic heterocycles. The van der Waals surface area contributed by atoms with Gasteiger partial charge in [-0.25, -0.2) is 17.8 Å². The van der Waals surface area contributed by atoms with Crippen LogP contribution in [0.2, 0.25) is 0 Å². The molecule has 4 rings (SSSR count). The second-order valence-electron chi connectivity index (χ2n) is 7.48. The lowest BCUT2D eigenvalue weighted by molar-refractivity contribution is -0.107. The van der Waals surface area contributed by atoms with Gasteiger partial charge in [0.1, 0.15) is 17.3 Å². The zero-order valence-electron chi connectivity index (χ0n) is 16.6. The van der Waals surface area contributed by atoms with E-state index in [1.807, 2.05) is 13.0 Å². The number of aromatic amines is 1. The van der Waals surface area contributed by atoms with E-state index in [0.717, 1.165) is 31.1 Å². The minimum absolute atomic E-state index is 0.0505. The maximum Gasteiger partial charge on any atom is 0.232 e. The number of rotatable bonds is 9. The van der Waals surface area contributed by atoms with Gasteiger partial charge < -0.3 is 4.98 Å². The molecule has 9 heteroatoms. The van der Waals surface area contributed by atoms with Crippen LogP contribution in [-0.2, 0) is 14.8 Å². The van der Waals surface area contributed by atoms with Crippen molar-refractivity contribution >= 4 is 39.0 Å². The highest BCUT2D eigenvalue weighted by molar-refractivity contribution is 7.92. The first-order chi connectivity index (χ1) is 14.4. The number of pyridine rings is 1. The number of hydrogen-bond donors (Lipinski definition) is 2. The number of sulfonamides is 1. The minimum atomic E-state index is -3.60. The summed E-state index contributed by atoms with van der Waals surface area (Å²) in [5.74, 6) is -0.211. The van der Waals surface area contributed by atoms with Crippen molar-refractivity contribution in [2.75, 3.05) is 15.4 Å². The molecule has 1 saturated carbocycles. The maximum atomic E-state index is 14.8. The van der Waals surface area contributed by atoms with Crippen molar-refractivity contribution < 1.29 is 17.6 Å². The summed E-state index contributed by atoms with van der Waals surface area (Å²) in [5.41, 5.74) is 1.80. The molecule has 0 atom stereocenters. The first kappa shape index (κ1) is 20.3. The number of amides is 1. The number of H-pyrrole nitrogens is 1. The van der Waals surface area contributed by atoms with Gasteiger partial charge in [0.2, 0.25) is 16.4 Å². The fraction of sp³-hybridized carbons (Fsp3) is 0.333. The molecule has 7 nitrogen and oxygen atoms in total. The third-order valence-electron chi connectivity index (χ3n) is 5.15. The Bertz CT molecular complexity index is 1190. The predicted octanol–water partition coefficient (Wildman–Crippen LogP) is 4.04. The van der Waals surface area contributed by atoms with Crippen LogP contribution in [0.15, 0.2) is 36.5 Å². The molecular formula is C21H23FN4O3S.